The van der Waals surface area contributed by atoms with Crippen molar-refractivity contribution in [1.29, 1.82) is 0 Å². The number of nitrogens with two attached hydrogens (primary N) is 2. The number of aryl methyl sites for hydroxylation is 1. The Morgan fingerprint density at radius 3 is 2.87 bits per heavy atom. The van der Waals surface area contributed by atoms with Crippen LogP contribution in [0, 0.1) is 0 Å². The minimum Gasteiger partial charge on any atom is -0.370 e. The van der Waals surface area contributed by atoms with Crippen LogP contribution in [0.3, 0.4) is 0 Å². The fraction of sp³-hybridized carbons (Fsp3) is 0.316. The van der Waals surface area contributed by atoms with Crippen molar-refractivity contribution < 1.29 is 0 Å². The van der Waals surface area contributed by atoms with Gasteiger partial charge in [-0.25, -0.2) is 9.97 Å². The first kappa shape index (κ1) is 23.1. The molecule has 0 aliphatic carbocycles. The van der Waals surface area contributed by atoms with E-state index in [2.05, 4.69) is 30.2 Å². The maximum Gasteiger partial charge on any atom is 0.255 e. The van der Waals surface area contributed by atoms with Gasteiger partial charge in [-0.2, -0.15) is 28.5 Å². The Bertz CT molecular complexity index is 1030. The Kier molecular flexibility index (Phi) is 9.18. The normalized spacial score (nSPS) is 10.7. The van der Waals surface area contributed by atoms with Crippen molar-refractivity contribution in [3.05, 3.63) is 63.3 Å². The summed E-state index contributed by atoms with van der Waals surface area (Å²) in [5.74, 6) is 3.83. The van der Waals surface area contributed by atoms with Crippen molar-refractivity contribution in [2.75, 3.05) is 23.4 Å². The fourth-order valence-corrected chi connectivity index (χ4v) is 4.96. The molecule has 3 heterocycles. The highest BCUT2D eigenvalue weighted by Crippen LogP contribution is 2.21. The van der Waals surface area contributed by atoms with E-state index in [1.54, 1.807) is 35.9 Å². The lowest BCUT2D eigenvalue weighted by Gasteiger charge is -2.06. The van der Waals surface area contributed by atoms with Gasteiger partial charge >= 0.3 is 0 Å². The van der Waals surface area contributed by atoms with Crippen LogP contribution in [0.25, 0.3) is 0 Å². The van der Waals surface area contributed by atoms with E-state index in [0.717, 1.165) is 28.7 Å². The average Bonchev–Trinajstić information content (AvgIpc) is 3.19. The first-order chi connectivity index (χ1) is 15.1. The predicted octanol–water partition coefficient (Wildman–Crippen LogP) is 2.35. The van der Waals surface area contributed by atoms with Gasteiger partial charge in [0, 0.05) is 53.3 Å². The largest absolute Gasteiger partial charge is 0.370 e. The zero-order chi connectivity index (χ0) is 21.9. The van der Waals surface area contributed by atoms with Crippen molar-refractivity contribution in [3.63, 3.8) is 0 Å². The van der Waals surface area contributed by atoms with Gasteiger partial charge in [-0.3, -0.25) is 14.8 Å². The molecule has 3 aromatic heterocycles. The summed E-state index contributed by atoms with van der Waals surface area (Å²) >= 11 is 4.90. The monoisotopic (exact) mass is 476 g/mol. The third kappa shape index (κ3) is 8.23. The summed E-state index contributed by atoms with van der Waals surface area (Å²) in [7, 11) is 0. The third-order valence-electron chi connectivity index (χ3n) is 3.93. The van der Waals surface area contributed by atoms with E-state index >= 15 is 0 Å². The first-order valence-corrected chi connectivity index (χ1v) is 12.7. The van der Waals surface area contributed by atoms with E-state index in [4.69, 9.17) is 11.5 Å². The highest BCUT2D eigenvalue weighted by Gasteiger charge is 2.04. The fourth-order valence-electron chi connectivity index (χ4n) is 2.49. The van der Waals surface area contributed by atoms with Gasteiger partial charge in [0.05, 0.1) is 5.69 Å². The highest BCUT2D eigenvalue weighted by atomic mass is 32.2. The summed E-state index contributed by atoms with van der Waals surface area (Å²) in [5, 5.41) is 5.65. The molecule has 9 nitrogen and oxygen atoms in total. The number of hydrogen-bond donors (Lipinski definition) is 4. The number of nitrogens with zero attached hydrogens (tertiary/aromatic N) is 4. The van der Waals surface area contributed by atoms with Crippen LogP contribution < -0.4 is 22.3 Å². The van der Waals surface area contributed by atoms with Crippen LogP contribution in [0.5, 0.6) is 0 Å². The number of H-pyrrole nitrogens is 1. The average molecular weight is 477 g/mol. The number of aromatic nitrogens is 4. The van der Waals surface area contributed by atoms with Gasteiger partial charge < -0.3 is 16.8 Å². The number of aliphatic imine (C=N–C) groups is 1. The van der Waals surface area contributed by atoms with Gasteiger partial charge in [-0.1, -0.05) is 6.07 Å². The Labute approximate surface area is 192 Å². The van der Waals surface area contributed by atoms with Crippen molar-refractivity contribution in [2.24, 2.45) is 16.5 Å². The molecule has 164 valence electrons. The van der Waals surface area contributed by atoms with Crippen molar-refractivity contribution in [2.45, 2.75) is 17.9 Å². The topological polar surface area (TPSA) is 148 Å². The number of nitrogens with one attached hydrogen (secondary N) is 2. The number of thiazole rings is 1. The van der Waals surface area contributed by atoms with E-state index in [9.17, 15) is 4.79 Å². The molecule has 6 N–H and O–H groups in total. The minimum absolute atomic E-state index is 0.00811. The van der Waals surface area contributed by atoms with Gasteiger partial charge in [0.25, 0.3) is 5.56 Å². The molecule has 3 aromatic rings. The molecular weight excluding hydrogens is 452 g/mol. The summed E-state index contributed by atoms with van der Waals surface area (Å²) in [6.07, 6.45) is 5.96. The zero-order valence-corrected chi connectivity index (χ0v) is 19.2. The summed E-state index contributed by atoms with van der Waals surface area (Å²) in [5.41, 5.74) is 13.4. The Hall–Kier alpha value is -2.57. The number of rotatable bonds is 12. The van der Waals surface area contributed by atoms with E-state index in [1.165, 1.54) is 16.9 Å². The molecule has 0 spiro atoms. The first-order valence-electron chi connectivity index (χ1n) is 9.50. The lowest BCUT2D eigenvalue weighted by Crippen LogP contribution is -2.21. The van der Waals surface area contributed by atoms with Gasteiger partial charge in [0.2, 0.25) is 11.1 Å². The Morgan fingerprint density at radius 1 is 1.23 bits per heavy atom. The number of aromatic amines is 1. The molecule has 0 saturated heterocycles. The number of anilines is 1. The van der Waals surface area contributed by atoms with E-state index < -0.39 is 0 Å². The van der Waals surface area contributed by atoms with Crippen LogP contribution in [0.2, 0.25) is 0 Å². The second-order valence-electron chi connectivity index (χ2n) is 6.39. The van der Waals surface area contributed by atoms with Gasteiger partial charge in [0.1, 0.15) is 0 Å². The van der Waals surface area contributed by atoms with Crippen LogP contribution in [0.15, 0.2) is 45.9 Å². The van der Waals surface area contributed by atoms with Crippen LogP contribution in [-0.4, -0.2) is 43.9 Å². The maximum absolute atomic E-state index is 12.3. The summed E-state index contributed by atoms with van der Waals surface area (Å²) in [4.78, 5) is 31.8. The highest BCUT2D eigenvalue weighted by molar-refractivity contribution is 7.98. The standard InChI is InChI=1S/C19H24N8OS3/c20-17(21)27-19-25-15(12-31-19)11-30-7-5-23-18-24-9-14(16(28)26-18)3-6-29-10-13-2-1-4-22-8-13/h1-2,4,8-9,12H,3,5-7,10-11H2,(H4,20,21,25,27)(H2,23,24,26,28). The summed E-state index contributed by atoms with van der Waals surface area (Å²) in [6.45, 7) is 0.679. The molecular formula is C19H24N8OS3. The maximum atomic E-state index is 12.3. The van der Waals surface area contributed by atoms with Gasteiger partial charge in [-0.05, 0) is 23.8 Å². The molecule has 0 aliphatic heterocycles. The number of hydrogen-bond acceptors (Lipinski definition) is 9. The number of thioether (sulfide) groups is 2. The Morgan fingerprint density at radius 2 is 2.10 bits per heavy atom. The van der Waals surface area contributed by atoms with Crippen LogP contribution >= 0.6 is 34.9 Å². The van der Waals surface area contributed by atoms with Crippen molar-refractivity contribution in [3.8, 4) is 0 Å². The van der Waals surface area contributed by atoms with Crippen molar-refractivity contribution >= 4 is 51.9 Å². The smallest absolute Gasteiger partial charge is 0.255 e. The number of guanidine groups is 1. The molecule has 3 rings (SSSR count). The molecule has 0 amide bonds. The van der Waals surface area contributed by atoms with Crippen LogP contribution in [-0.2, 0) is 17.9 Å². The molecule has 0 saturated carbocycles. The second-order valence-corrected chi connectivity index (χ2v) is 9.43. The molecule has 0 atom stereocenters. The number of pyridine rings is 1. The lowest BCUT2D eigenvalue weighted by atomic mass is 10.3. The molecule has 12 heteroatoms. The van der Waals surface area contributed by atoms with E-state index in [1.807, 2.05) is 23.7 Å². The quantitative estimate of drug-likeness (QED) is 0.176. The lowest BCUT2D eigenvalue weighted by molar-refractivity contribution is 0.994. The van der Waals surface area contributed by atoms with Crippen LogP contribution in [0.4, 0.5) is 11.1 Å². The second kappa shape index (κ2) is 12.3. The zero-order valence-electron chi connectivity index (χ0n) is 16.8. The third-order valence-corrected chi connectivity index (χ3v) is 6.74. The molecule has 0 bridgehead atoms. The molecule has 0 radical (unpaired) electrons. The molecule has 31 heavy (non-hydrogen) atoms. The SMILES string of the molecule is NC(N)=Nc1nc(CSCCNc2ncc(CCSCc3cccnc3)c(=O)[nH]2)cs1. The van der Waals surface area contributed by atoms with Crippen molar-refractivity contribution in [1.82, 2.24) is 19.9 Å². The van der Waals surface area contributed by atoms with Gasteiger partial charge in [-0.15, -0.1) is 11.3 Å². The molecule has 0 aromatic carbocycles. The summed E-state index contributed by atoms with van der Waals surface area (Å²) in [6, 6.07) is 3.98. The Balaban J connectivity index is 1.34. The molecule has 0 unspecified atom stereocenters. The van der Waals surface area contributed by atoms with E-state index in [0.29, 0.717) is 29.6 Å². The predicted molar refractivity (Wildman–Crippen MR) is 131 cm³/mol. The minimum atomic E-state index is -0.0955. The van der Waals surface area contributed by atoms with Crippen LogP contribution in [0.1, 0.15) is 16.8 Å². The summed E-state index contributed by atoms with van der Waals surface area (Å²) < 4.78 is 0. The molecule has 0 aliphatic rings. The molecule has 0 fully saturated rings. The van der Waals surface area contributed by atoms with Gasteiger partial charge in [0.15, 0.2) is 5.96 Å². The van der Waals surface area contributed by atoms with E-state index in [-0.39, 0.29) is 11.5 Å².